The Morgan fingerprint density at radius 1 is 0.543 bits per heavy atom. The number of ether oxygens (including phenoxy) is 1. The van der Waals surface area contributed by atoms with Gasteiger partial charge in [0, 0.05) is 57.9 Å². The van der Waals surface area contributed by atoms with E-state index in [9.17, 15) is 28.5 Å². The van der Waals surface area contributed by atoms with E-state index in [0.29, 0.717) is 46.2 Å². The van der Waals surface area contributed by atoms with Crippen molar-refractivity contribution >= 4 is 143 Å². The third-order valence-electron chi connectivity index (χ3n) is 8.48. The molecule has 0 aliphatic carbocycles. The van der Waals surface area contributed by atoms with E-state index in [-0.39, 0.29) is 43.2 Å². The van der Waals surface area contributed by atoms with Crippen molar-refractivity contribution in [3.05, 3.63) is 234 Å². The van der Waals surface area contributed by atoms with Crippen LogP contribution in [0.15, 0.2) is 210 Å². The first-order valence-electron chi connectivity index (χ1n) is 22.3. The molecular weight excluding hydrogens is 1410 g/mol. The molecule has 0 fully saturated rings. The molecule has 0 radical (unpaired) electrons. The van der Waals surface area contributed by atoms with Crippen molar-refractivity contribution in [2.75, 3.05) is 13.2 Å². The van der Waals surface area contributed by atoms with Gasteiger partial charge in [-0.25, -0.2) is 10.6 Å². The van der Waals surface area contributed by atoms with Crippen LogP contribution in [-0.2, 0) is 9.30 Å². The molecule has 3 amide bonds. The third kappa shape index (κ3) is 35.1. The minimum Gasteiger partial charge on any atom is -0.462 e. The Labute approximate surface area is 522 Å². The van der Waals surface area contributed by atoms with Gasteiger partial charge in [0.15, 0.2) is 0 Å². The summed E-state index contributed by atoms with van der Waals surface area (Å²) in [6, 6.07) is 55.9. The first-order chi connectivity index (χ1) is 37.7. The maximum absolute atomic E-state index is 11.8. The number of nitrogens with one attached hydrogen (secondary N) is 3. The highest BCUT2D eigenvalue weighted by Gasteiger charge is 2.11. The van der Waals surface area contributed by atoms with E-state index in [4.69, 9.17) is 31.7 Å². The molecule has 8 rings (SSSR count). The molecule has 7 aromatic carbocycles. The number of benzene rings is 7. The van der Waals surface area contributed by atoms with Crippen molar-refractivity contribution < 1.29 is 48.3 Å². The lowest BCUT2D eigenvalue weighted by Crippen LogP contribution is -2.41. The lowest BCUT2D eigenvalue weighted by molar-refractivity contribution is 0.0525. The summed E-state index contributed by atoms with van der Waals surface area (Å²) in [6.45, 7) is 4.13. The molecule has 1 heterocycles. The molecule has 0 spiro atoms. The molecule has 0 atom stereocenters. The largest absolute Gasteiger partial charge is 0.462 e. The highest BCUT2D eigenvalue weighted by Crippen LogP contribution is 2.61. The molecule has 8 aromatic rings. The summed E-state index contributed by atoms with van der Waals surface area (Å²) in [5.41, 5.74) is 11.2. The van der Waals surface area contributed by atoms with Crippen molar-refractivity contribution in [1.82, 2.24) is 26.5 Å². The van der Waals surface area contributed by atoms with E-state index in [2.05, 4.69) is 130 Å². The van der Waals surface area contributed by atoms with Crippen LogP contribution in [0.4, 0.5) is 0 Å². The SMILES string of the molecule is Brc1cccc(-c2nnc(-c3ccccc3)o2)c1.C.CCO.CCOC(=O)c1cccc(Br)c1.NN.NNC(=O)c1cccc(Br)c1.O.O=C(Cl)c1ccccc1.O=C(NNC(=O)c1cccc(Br)c1)c1ccccc1.O=P(Cl)(Cl)Cl. The van der Waals surface area contributed by atoms with Crippen molar-refractivity contribution in [1.29, 1.82) is 0 Å². The van der Waals surface area contributed by atoms with Crippen LogP contribution < -0.4 is 33.8 Å². The zero-order valence-electron chi connectivity index (χ0n) is 42.1. The number of hydrogen-bond acceptors (Lipinski definition) is 14. The number of esters is 1. The van der Waals surface area contributed by atoms with Crippen molar-refractivity contribution in [2.24, 2.45) is 17.5 Å². The number of hydrazine groups is 3. The summed E-state index contributed by atoms with van der Waals surface area (Å²) in [6.07, 6.45) is 0. The Kier molecular flexibility index (Phi) is 42.9. The number of carbonyl (C=O) groups is 5. The second-order valence-corrected chi connectivity index (χ2v) is 24.8. The number of carbonyl (C=O) groups excluding carboxylic acids is 5. The van der Waals surface area contributed by atoms with Gasteiger partial charge in [-0.05, 0) is 156 Å². The molecular formula is C54H57Br4Cl4N8O10P. The molecule has 0 saturated heterocycles. The van der Waals surface area contributed by atoms with Crippen LogP contribution in [0.3, 0.4) is 0 Å². The fourth-order valence-electron chi connectivity index (χ4n) is 5.25. The van der Waals surface area contributed by atoms with Crippen LogP contribution in [0.25, 0.3) is 22.9 Å². The molecule has 18 nitrogen and oxygen atoms in total. The molecule has 27 heteroatoms. The van der Waals surface area contributed by atoms with Crippen LogP contribution in [0.5, 0.6) is 0 Å². The number of rotatable bonds is 8. The third-order valence-corrected chi connectivity index (χ3v) is 10.7. The molecule has 81 heavy (non-hydrogen) atoms. The molecule has 0 unspecified atom stereocenters. The minimum absolute atomic E-state index is 0. The van der Waals surface area contributed by atoms with Crippen molar-refractivity contribution in [3.63, 3.8) is 0 Å². The number of aliphatic hydroxyl groups excluding tert-OH is 1. The standard InChI is InChI=1S/C14H11BrN2O2.C14H9BrN2O.C9H9BrO2.C7H7BrN2O.C7H5ClO.C2H6O.CH4.Cl3OP.H4N2.H2O/c15-12-8-4-7-11(9-12)14(19)17-16-13(18)10-5-2-1-3-6-10;15-12-8-4-7-11(9-12)14-17-16-13(18-14)10-5-2-1-3-6-10;1-2-12-9(11)7-4-3-5-8(10)6-7;8-6-3-1-2-5(4-6)7(11)10-9;8-7(9)6-4-2-1-3-5-6;1-2-3;;1-5(2,3)4;1-2;/h1-9H,(H,16,18)(H,17,19);1-9H;3-6H,2H2,1H3;1-4H,9H2,(H,10,11);1-5H;3H,2H2,1H3;1H4;;1-2H2;1H2. The average molecular weight is 1470 g/mol. The molecule has 0 aliphatic heterocycles. The Morgan fingerprint density at radius 2 is 0.864 bits per heavy atom. The second-order valence-electron chi connectivity index (χ2n) is 14.1. The molecule has 0 bridgehead atoms. The quantitative estimate of drug-likeness (QED) is 0.0186. The summed E-state index contributed by atoms with van der Waals surface area (Å²) >= 11 is 32.2. The molecule has 0 aliphatic rings. The number of hydrogen-bond donors (Lipinski definition) is 7. The average Bonchev–Trinajstić information content (AvgIpc) is 3.97. The van der Waals surface area contributed by atoms with E-state index in [0.717, 1.165) is 29.0 Å². The zero-order chi connectivity index (χ0) is 59.2. The number of aliphatic hydroxyl groups is 1. The summed E-state index contributed by atoms with van der Waals surface area (Å²) in [5.74, 6) is 12.7. The molecule has 434 valence electrons. The Balaban J connectivity index is 0. The van der Waals surface area contributed by atoms with E-state index in [1.165, 1.54) is 0 Å². The lowest BCUT2D eigenvalue weighted by Gasteiger charge is -2.07. The van der Waals surface area contributed by atoms with Crippen LogP contribution in [0.1, 0.15) is 73.1 Å². The highest BCUT2D eigenvalue weighted by atomic mass is 79.9. The van der Waals surface area contributed by atoms with Gasteiger partial charge in [-0.15, -0.1) is 10.2 Å². The number of nitrogens with zero attached hydrogens (tertiary/aromatic N) is 2. The first kappa shape index (κ1) is 77.4. The van der Waals surface area contributed by atoms with Gasteiger partial charge in [0.1, 0.15) is 0 Å². The van der Waals surface area contributed by atoms with E-state index >= 15 is 0 Å². The highest BCUT2D eigenvalue weighted by molar-refractivity contribution is 9.11. The predicted molar refractivity (Wildman–Crippen MR) is 338 cm³/mol. The second kappa shape index (κ2) is 44.9. The molecule has 1 aromatic heterocycles. The topological polar surface area (TPSA) is 316 Å². The van der Waals surface area contributed by atoms with E-state index in [1.54, 1.807) is 117 Å². The first-order valence-corrected chi connectivity index (χ1v) is 30.3. The Bertz CT molecular complexity index is 3140. The van der Waals surface area contributed by atoms with Gasteiger partial charge in [0.25, 0.3) is 23.0 Å². The molecule has 12 N–H and O–H groups in total. The zero-order valence-corrected chi connectivity index (χ0v) is 52.4. The van der Waals surface area contributed by atoms with Crippen molar-refractivity contribution in [2.45, 2.75) is 21.3 Å². The summed E-state index contributed by atoms with van der Waals surface area (Å²) in [4.78, 5) is 56.0. The number of nitrogens with two attached hydrogens (primary N) is 3. The maximum Gasteiger partial charge on any atom is 0.339 e. The lowest BCUT2D eigenvalue weighted by atomic mass is 10.2. The van der Waals surface area contributed by atoms with Gasteiger partial charge in [0.2, 0.25) is 11.8 Å². The van der Waals surface area contributed by atoms with Gasteiger partial charge < -0.3 is 19.7 Å². The maximum atomic E-state index is 11.8. The fraction of sp³-hybridized carbons (Fsp3) is 0.0926. The summed E-state index contributed by atoms with van der Waals surface area (Å²) in [5, 5.41) is 12.1. The predicted octanol–water partition coefficient (Wildman–Crippen LogP) is 13.9. The minimum atomic E-state index is -3.22. The number of halogens is 8. The van der Waals surface area contributed by atoms with Gasteiger partial charge in [-0.1, -0.05) is 162 Å². The van der Waals surface area contributed by atoms with Gasteiger partial charge in [-0.3, -0.25) is 51.7 Å². The Morgan fingerprint density at radius 3 is 1.25 bits per heavy atom. The van der Waals surface area contributed by atoms with Gasteiger partial charge >= 0.3 is 11.2 Å². The van der Waals surface area contributed by atoms with Crippen LogP contribution >= 0.6 is 114 Å². The van der Waals surface area contributed by atoms with Crippen molar-refractivity contribution in [3.8, 4) is 22.9 Å². The smallest absolute Gasteiger partial charge is 0.339 e. The summed E-state index contributed by atoms with van der Waals surface area (Å²) < 4.78 is 23.5. The van der Waals surface area contributed by atoms with Crippen LogP contribution in [-0.4, -0.2) is 62.9 Å². The number of aromatic nitrogens is 2. The van der Waals surface area contributed by atoms with Crippen LogP contribution in [0.2, 0.25) is 0 Å². The normalized spacial score (nSPS) is 9.31. The van der Waals surface area contributed by atoms with E-state index in [1.807, 2.05) is 90.4 Å². The van der Waals surface area contributed by atoms with Gasteiger partial charge in [-0.2, -0.15) is 0 Å². The number of amides is 3. The monoisotopic (exact) mass is 1460 g/mol. The fourth-order valence-corrected chi connectivity index (χ4v) is 6.97. The number of nitrogen functional groups attached to an aromatic ring is 1. The van der Waals surface area contributed by atoms with Gasteiger partial charge in [0.05, 0.1) is 12.2 Å². The van der Waals surface area contributed by atoms with E-state index < -0.39 is 10.4 Å². The van der Waals surface area contributed by atoms with Crippen LogP contribution in [0, 0.1) is 0 Å². The summed E-state index contributed by atoms with van der Waals surface area (Å²) in [7, 11) is 0. The Hall–Kier alpha value is -5.66. The molecule has 0 saturated carbocycles.